The van der Waals surface area contributed by atoms with Gasteiger partial charge in [0.05, 0.1) is 5.69 Å². The molecule has 106 valence electrons. The zero-order chi connectivity index (χ0) is 14.3. The lowest BCUT2D eigenvalue weighted by Crippen LogP contribution is -2.41. The van der Waals surface area contributed by atoms with E-state index in [1.54, 1.807) is 22.5 Å². The van der Waals surface area contributed by atoms with Crippen molar-refractivity contribution in [2.45, 2.75) is 38.5 Å². The third-order valence-corrected chi connectivity index (χ3v) is 5.83. The Morgan fingerprint density at radius 2 is 1.79 bits per heavy atom. The van der Waals surface area contributed by atoms with Crippen LogP contribution in [0.2, 0.25) is 0 Å². The van der Waals surface area contributed by atoms with E-state index in [0.717, 1.165) is 18.4 Å². The van der Waals surface area contributed by atoms with Crippen LogP contribution in [0.1, 0.15) is 32.3 Å². The Morgan fingerprint density at radius 1 is 1.21 bits per heavy atom. The van der Waals surface area contributed by atoms with Gasteiger partial charge in [0.15, 0.2) is 0 Å². The number of anilines is 1. The number of piperidine rings is 1. The summed E-state index contributed by atoms with van der Waals surface area (Å²) in [4.78, 5) is 0.234. The zero-order valence-electron chi connectivity index (χ0n) is 11.8. The Labute approximate surface area is 115 Å². The molecule has 4 nitrogen and oxygen atoms in total. The standard InChI is InChI=1S/C14H22N2O2S/c1-11-4-5-13(12(15)10-11)19(17,18)16-8-6-14(2,3)7-9-16/h4-5,10H,6-9,15H2,1-3H3. The van der Waals surface area contributed by atoms with Crippen LogP contribution in [0.15, 0.2) is 23.1 Å². The van der Waals surface area contributed by atoms with Gasteiger partial charge in [0.25, 0.3) is 0 Å². The smallest absolute Gasteiger partial charge is 0.245 e. The average molecular weight is 282 g/mol. The Balaban J connectivity index is 2.28. The summed E-state index contributed by atoms with van der Waals surface area (Å²) in [5.74, 6) is 0. The first kappa shape index (κ1) is 14.3. The molecule has 2 rings (SSSR count). The summed E-state index contributed by atoms with van der Waals surface area (Å²) in [6.45, 7) is 7.40. The number of nitrogen functional groups attached to an aromatic ring is 1. The van der Waals surface area contributed by atoms with Crippen molar-refractivity contribution in [2.24, 2.45) is 5.41 Å². The van der Waals surface area contributed by atoms with E-state index in [2.05, 4.69) is 13.8 Å². The second-order valence-corrected chi connectivity index (χ2v) is 8.02. The number of rotatable bonds is 2. The van der Waals surface area contributed by atoms with Crippen molar-refractivity contribution >= 4 is 15.7 Å². The molecular weight excluding hydrogens is 260 g/mol. The number of benzene rings is 1. The van der Waals surface area contributed by atoms with Gasteiger partial charge >= 0.3 is 0 Å². The zero-order valence-corrected chi connectivity index (χ0v) is 12.6. The molecule has 1 aliphatic rings. The van der Waals surface area contributed by atoms with Crippen molar-refractivity contribution in [3.8, 4) is 0 Å². The lowest BCUT2D eigenvalue weighted by Gasteiger charge is -2.36. The van der Waals surface area contributed by atoms with Gasteiger partial charge in [-0.2, -0.15) is 4.31 Å². The minimum absolute atomic E-state index is 0.227. The Hall–Kier alpha value is -1.07. The molecule has 0 aliphatic carbocycles. The molecule has 0 saturated carbocycles. The van der Waals surface area contributed by atoms with Crippen LogP contribution in [0.3, 0.4) is 0 Å². The highest BCUT2D eigenvalue weighted by atomic mass is 32.2. The molecule has 0 spiro atoms. The molecule has 1 heterocycles. The van der Waals surface area contributed by atoms with Crippen molar-refractivity contribution in [1.29, 1.82) is 0 Å². The largest absolute Gasteiger partial charge is 0.398 e. The van der Waals surface area contributed by atoms with Gasteiger partial charge in [0.2, 0.25) is 10.0 Å². The molecule has 19 heavy (non-hydrogen) atoms. The monoisotopic (exact) mass is 282 g/mol. The molecule has 0 bridgehead atoms. The minimum atomic E-state index is -3.45. The van der Waals surface area contributed by atoms with E-state index >= 15 is 0 Å². The van der Waals surface area contributed by atoms with E-state index in [9.17, 15) is 8.42 Å². The fourth-order valence-corrected chi connectivity index (χ4v) is 3.91. The summed E-state index contributed by atoms with van der Waals surface area (Å²) < 4.78 is 26.7. The molecule has 0 amide bonds. The van der Waals surface area contributed by atoms with E-state index < -0.39 is 10.0 Å². The molecule has 0 aromatic heterocycles. The number of nitrogens with two attached hydrogens (primary N) is 1. The second kappa shape index (κ2) is 4.80. The molecular formula is C14H22N2O2S. The number of nitrogens with zero attached hydrogens (tertiary/aromatic N) is 1. The quantitative estimate of drug-likeness (QED) is 0.847. The summed E-state index contributed by atoms with van der Waals surface area (Å²) in [6.07, 6.45) is 1.77. The first-order valence-corrected chi connectivity index (χ1v) is 8.03. The molecule has 1 saturated heterocycles. The maximum Gasteiger partial charge on any atom is 0.245 e. The van der Waals surface area contributed by atoms with Crippen molar-refractivity contribution in [3.63, 3.8) is 0 Å². The van der Waals surface area contributed by atoms with E-state index in [4.69, 9.17) is 5.73 Å². The SMILES string of the molecule is Cc1ccc(S(=O)(=O)N2CCC(C)(C)CC2)c(N)c1. The van der Waals surface area contributed by atoms with Gasteiger partial charge in [-0.05, 0) is 42.9 Å². The van der Waals surface area contributed by atoms with Crippen molar-refractivity contribution in [3.05, 3.63) is 23.8 Å². The molecule has 5 heteroatoms. The van der Waals surface area contributed by atoms with Gasteiger partial charge in [-0.3, -0.25) is 0 Å². The molecule has 1 aromatic carbocycles. The lowest BCUT2D eigenvalue weighted by atomic mass is 9.83. The number of aryl methyl sites for hydroxylation is 1. The molecule has 1 fully saturated rings. The third kappa shape index (κ3) is 2.92. The molecule has 1 aromatic rings. The highest BCUT2D eigenvalue weighted by Crippen LogP contribution is 2.33. The maximum atomic E-state index is 12.6. The predicted molar refractivity (Wildman–Crippen MR) is 77.4 cm³/mol. The van der Waals surface area contributed by atoms with E-state index in [-0.39, 0.29) is 10.3 Å². The summed E-state index contributed by atoms with van der Waals surface area (Å²) in [7, 11) is -3.45. The lowest BCUT2D eigenvalue weighted by molar-refractivity contribution is 0.196. The van der Waals surface area contributed by atoms with Gasteiger partial charge in [0.1, 0.15) is 4.90 Å². The van der Waals surface area contributed by atoms with Crippen LogP contribution in [-0.2, 0) is 10.0 Å². The summed E-state index contributed by atoms with van der Waals surface area (Å²) in [5, 5.41) is 0. The molecule has 0 atom stereocenters. The van der Waals surface area contributed by atoms with Crippen LogP contribution >= 0.6 is 0 Å². The van der Waals surface area contributed by atoms with Crippen LogP contribution in [0, 0.1) is 12.3 Å². The van der Waals surface area contributed by atoms with Gasteiger partial charge in [-0.25, -0.2) is 8.42 Å². The van der Waals surface area contributed by atoms with E-state index in [1.807, 2.05) is 6.92 Å². The fraction of sp³-hybridized carbons (Fsp3) is 0.571. The summed E-state index contributed by atoms with van der Waals surface area (Å²) in [5.41, 5.74) is 7.40. The van der Waals surface area contributed by atoms with Gasteiger partial charge in [-0.15, -0.1) is 0 Å². The fourth-order valence-electron chi connectivity index (χ4n) is 2.37. The highest BCUT2D eigenvalue weighted by Gasteiger charge is 2.33. The molecule has 2 N–H and O–H groups in total. The van der Waals surface area contributed by atoms with Crippen LogP contribution < -0.4 is 5.73 Å². The van der Waals surface area contributed by atoms with Crippen LogP contribution in [0.25, 0.3) is 0 Å². The van der Waals surface area contributed by atoms with Gasteiger partial charge in [-0.1, -0.05) is 19.9 Å². The first-order chi connectivity index (χ1) is 8.72. The first-order valence-electron chi connectivity index (χ1n) is 6.59. The van der Waals surface area contributed by atoms with Crippen LogP contribution in [-0.4, -0.2) is 25.8 Å². The second-order valence-electron chi connectivity index (χ2n) is 6.11. The Kier molecular flexibility index (Phi) is 3.62. The van der Waals surface area contributed by atoms with E-state index in [0.29, 0.717) is 18.8 Å². The third-order valence-electron chi connectivity index (χ3n) is 3.86. The van der Waals surface area contributed by atoms with Crippen molar-refractivity contribution in [2.75, 3.05) is 18.8 Å². The minimum Gasteiger partial charge on any atom is -0.398 e. The molecule has 1 aliphatic heterocycles. The molecule has 0 unspecified atom stereocenters. The van der Waals surface area contributed by atoms with Gasteiger partial charge < -0.3 is 5.73 Å². The van der Waals surface area contributed by atoms with Crippen molar-refractivity contribution in [1.82, 2.24) is 4.31 Å². The number of hydrogen-bond acceptors (Lipinski definition) is 3. The summed E-state index contributed by atoms with van der Waals surface area (Å²) in [6, 6.07) is 5.11. The average Bonchev–Trinajstić information content (AvgIpc) is 2.27. The van der Waals surface area contributed by atoms with Crippen LogP contribution in [0.4, 0.5) is 5.69 Å². The Morgan fingerprint density at radius 3 is 2.32 bits per heavy atom. The maximum absolute atomic E-state index is 12.6. The highest BCUT2D eigenvalue weighted by molar-refractivity contribution is 7.89. The van der Waals surface area contributed by atoms with Crippen molar-refractivity contribution < 1.29 is 8.42 Å². The molecule has 0 radical (unpaired) electrons. The topological polar surface area (TPSA) is 63.4 Å². The Bertz CT molecular complexity index is 569. The van der Waals surface area contributed by atoms with E-state index in [1.165, 1.54) is 0 Å². The van der Waals surface area contributed by atoms with Crippen LogP contribution in [0.5, 0.6) is 0 Å². The summed E-state index contributed by atoms with van der Waals surface area (Å²) >= 11 is 0. The van der Waals surface area contributed by atoms with Gasteiger partial charge in [0, 0.05) is 13.1 Å². The predicted octanol–water partition coefficient (Wildman–Crippen LogP) is 2.39. The number of hydrogen-bond donors (Lipinski definition) is 1. The number of sulfonamides is 1. The normalized spacial score (nSPS) is 20.4.